The van der Waals surface area contributed by atoms with Gasteiger partial charge in [0, 0.05) is 72.4 Å². The highest BCUT2D eigenvalue weighted by atomic mass is 32.1. The lowest BCUT2D eigenvalue weighted by atomic mass is 10.0. The summed E-state index contributed by atoms with van der Waals surface area (Å²) in [7, 11) is 0. The molecule has 1 aromatic carbocycles. The molecule has 0 unspecified atom stereocenters. The number of para-hydroxylation sites is 1. The molecule has 5 rings (SSSR count). The molecule has 1 saturated heterocycles. The van der Waals surface area contributed by atoms with Gasteiger partial charge in [-0.3, -0.25) is 9.88 Å². The smallest absolute Gasteiger partial charge is 0.0594 e. The van der Waals surface area contributed by atoms with Crippen molar-refractivity contribution in [2.24, 2.45) is 0 Å². The number of aryl methyl sites for hydroxylation is 1. The van der Waals surface area contributed by atoms with Gasteiger partial charge in [-0.2, -0.15) is 11.3 Å². The number of thiophene rings is 1. The van der Waals surface area contributed by atoms with Gasteiger partial charge < -0.3 is 9.30 Å². The van der Waals surface area contributed by atoms with E-state index >= 15 is 0 Å². The molecule has 1 aliphatic rings. The van der Waals surface area contributed by atoms with Crippen LogP contribution in [0.15, 0.2) is 65.7 Å². The first kappa shape index (κ1) is 18.6. The maximum Gasteiger partial charge on any atom is 0.0594 e. The molecule has 29 heavy (non-hydrogen) atoms. The van der Waals surface area contributed by atoms with E-state index in [-0.39, 0.29) is 0 Å². The van der Waals surface area contributed by atoms with Gasteiger partial charge in [0.25, 0.3) is 0 Å². The molecule has 0 atom stereocenters. The van der Waals surface area contributed by atoms with Crippen molar-refractivity contribution >= 4 is 22.2 Å². The van der Waals surface area contributed by atoms with Crippen LogP contribution < -0.4 is 0 Å². The van der Waals surface area contributed by atoms with Gasteiger partial charge in [-0.05, 0) is 40.9 Å². The molecule has 5 heteroatoms. The molecule has 0 radical (unpaired) electrons. The van der Waals surface area contributed by atoms with Gasteiger partial charge in [0.15, 0.2) is 0 Å². The molecule has 4 aromatic rings. The van der Waals surface area contributed by atoms with E-state index in [1.807, 2.05) is 12.4 Å². The predicted octanol–water partition coefficient (Wildman–Crippen LogP) is 5.15. The van der Waals surface area contributed by atoms with Crippen LogP contribution in [0, 0.1) is 0 Å². The Bertz CT molecular complexity index is 1080. The maximum atomic E-state index is 5.46. The summed E-state index contributed by atoms with van der Waals surface area (Å²) in [4.78, 5) is 7.04. The number of hydrogen-bond donors (Lipinski definition) is 0. The van der Waals surface area contributed by atoms with Crippen LogP contribution in [-0.2, 0) is 11.3 Å². The number of benzene rings is 1. The zero-order valence-electron chi connectivity index (χ0n) is 16.5. The highest BCUT2D eigenvalue weighted by Gasteiger charge is 2.13. The van der Waals surface area contributed by atoms with E-state index in [2.05, 4.69) is 67.8 Å². The van der Waals surface area contributed by atoms with Crippen LogP contribution in [0.4, 0.5) is 0 Å². The summed E-state index contributed by atoms with van der Waals surface area (Å²) in [6.45, 7) is 5.99. The zero-order valence-corrected chi connectivity index (χ0v) is 17.3. The quantitative estimate of drug-likeness (QED) is 0.446. The van der Waals surface area contributed by atoms with Gasteiger partial charge >= 0.3 is 0 Å². The van der Waals surface area contributed by atoms with E-state index in [1.165, 1.54) is 33.2 Å². The fourth-order valence-electron chi connectivity index (χ4n) is 4.13. The molecule has 4 nitrogen and oxygen atoms in total. The standard InChI is InChI=1S/C24H25N3OS/c1-2-5-24-22(4-1)23(17-27(24)8-3-7-26-9-11-28-12-10-26)21-14-20(15-25-16-21)19-6-13-29-18-19/h1-2,4-6,13-18H,3,7-12H2. The number of nitrogens with zero attached hydrogens (tertiary/aromatic N) is 3. The van der Waals surface area contributed by atoms with Gasteiger partial charge in [-0.1, -0.05) is 18.2 Å². The lowest BCUT2D eigenvalue weighted by molar-refractivity contribution is 0.0370. The third kappa shape index (κ3) is 3.99. The zero-order chi connectivity index (χ0) is 19.5. The van der Waals surface area contributed by atoms with Crippen molar-refractivity contribution in [3.63, 3.8) is 0 Å². The first-order valence-electron chi connectivity index (χ1n) is 10.2. The molecule has 3 aromatic heterocycles. The Kier molecular flexibility index (Phi) is 5.43. The number of rotatable bonds is 6. The SMILES string of the molecule is c1ccc2c(c1)c(-c1cncc(-c3ccsc3)c1)cn2CCCN1CCOCC1. The first-order valence-corrected chi connectivity index (χ1v) is 11.2. The van der Waals surface area contributed by atoms with Gasteiger partial charge in [-0.15, -0.1) is 0 Å². The molecular weight excluding hydrogens is 378 g/mol. The number of aromatic nitrogens is 2. The number of fused-ring (bicyclic) bond motifs is 1. The van der Waals surface area contributed by atoms with E-state index in [0.717, 1.165) is 45.8 Å². The molecule has 4 heterocycles. The van der Waals surface area contributed by atoms with Gasteiger partial charge in [0.1, 0.15) is 0 Å². The second-order valence-corrected chi connectivity index (χ2v) is 8.32. The van der Waals surface area contributed by atoms with Crippen molar-refractivity contribution in [1.82, 2.24) is 14.5 Å². The Hall–Kier alpha value is -2.47. The Morgan fingerprint density at radius 1 is 0.966 bits per heavy atom. The summed E-state index contributed by atoms with van der Waals surface area (Å²) >= 11 is 1.72. The van der Waals surface area contributed by atoms with Crippen LogP contribution in [0.25, 0.3) is 33.2 Å². The van der Waals surface area contributed by atoms with Crippen LogP contribution in [0.3, 0.4) is 0 Å². The molecule has 0 amide bonds. The Labute approximate surface area is 175 Å². The highest BCUT2D eigenvalue weighted by molar-refractivity contribution is 7.08. The first-order chi connectivity index (χ1) is 14.4. The minimum absolute atomic E-state index is 0.865. The minimum atomic E-state index is 0.865. The summed E-state index contributed by atoms with van der Waals surface area (Å²) in [5.74, 6) is 0. The van der Waals surface area contributed by atoms with E-state index in [1.54, 1.807) is 11.3 Å². The number of pyridine rings is 1. The van der Waals surface area contributed by atoms with Crippen molar-refractivity contribution in [2.75, 3.05) is 32.8 Å². The largest absolute Gasteiger partial charge is 0.379 e. The molecule has 0 bridgehead atoms. The molecule has 0 aliphatic carbocycles. The second-order valence-electron chi connectivity index (χ2n) is 7.54. The van der Waals surface area contributed by atoms with Gasteiger partial charge in [-0.25, -0.2) is 0 Å². The molecule has 1 aliphatic heterocycles. The van der Waals surface area contributed by atoms with Crippen molar-refractivity contribution in [1.29, 1.82) is 0 Å². The van der Waals surface area contributed by atoms with Crippen molar-refractivity contribution < 1.29 is 4.74 Å². The Balaban J connectivity index is 1.42. The number of morpholine rings is 1. The fourth-order valence-corrected chi connectivity index (χ4v) is 4.79. The van der Waals surface area contributed by atoms with E-state index < -0.39 is 0 Å². The topological polar surface area (TPSA) is 30.3 Å². The lowest BCUT2D eigenvalue weighted by Gasteiger charge is -2.26. The lowest BCUT2D eigenvalue weighted by Crippen LogP contribution is -2.37. The predicted molar refractivity (Wildman–Crippen MR) is 120 cm³/mol. The van der Waals surface area contributed by atoms with E-state index in [4.69, 9.17) is 4.74 Å². The van der Waals surface area contributed by atoms with Crippen molar-refractivity contribution in [2.45, 2.75) is 13.0 Å². The molecular formula is C24H25N3OS. The van der Waals surface area contributed by atoms with Crippen LogP contribution in [0.1, 0.15) is 6.42 Å². The third-order valence-electron chi connectivity index (χ3n) is 5.67. The Morgan fingerprint density at radius 2 is 1.83 bits per heavy atom. The van der Waals surface area contributed by atoms with Crippen LogP contribution in [0.5, 0.6) is 0 Å². The van der Waals surface area contributed by atoms with Gasteiger partial charge in [0.2, 0.25) is 0 Å². The number of hydrogen-bond acceptors (Lipinski definition) is 4. The minimum Gasteiger partial charge on any atom is -0.379 e. The van der Waals surface area contributed by atoms with Gasteiger partial charge in [0.05, 0.1) is 13.2 Å². The molecule has 1 fully saturated rings. The van der Waals surface area contributed by atoms with Crippen molar-refractivity contribution in [3.05, 3.63) is 65.7 Å². The summed E-state index contributed by atoms with van der Waals surface area (Å²) in [6.07, 6.45) is 7.38. The molecule has 0 N–H and O–H groups in total. The molecule has 0 saturated carbocycles. The summed E-state index contributed by atoms with van der Waals surface area (Å²) in [5.41, 5.74) is 6.14. The van der Waals surface area contributed by atoms with E-state index in [0.29, 0.717) is 0 Å². The van der Waals surface area contributed by atoms with Crippen molar-refractivity contribution in [3.8, 4) is 22.3 Å². The second kappa shape index (κ2) is 8.49. The monoisotopic (exact) mass is 403 g/mol. The summed E-state index contributed by atoms with van der Waals surface area (Å²) < 4.78 is 7.86. The average Bonchev–Trinajstić information content (AvgIpc) is 3.44. The summed E-state index contributed by atoms with van der Waals surface area (Å²) in [6, 6.07) is 13.1. The normalized spacial score (nSPS) is 15.2. The third-order valence-corrected chi connectivity index (χ3v) is 6.35. The summed E-state index contributed by atoms with van der Waals surface area (Å²) in [5, 5.41) is 5.58. The van der Waals surface area contributed by atoms with Crippen LogP contribution in [-0.4, -0.2) is 47.3 Å². The maximum absolute atomic E-state index is 5.46. The number of ether oxygens (including phenoxy) is 1. The van der Waals surface area contributed by atoms with Crippen LogP contribution >= 0.6 is 11.3 Å². The average molecular weight is 404 g/mol. The fraction of sp³-hybridized carbons (Fsp3) is 0.292. The highest BCUT2D eigenvalue weighted by Crippen LogP contribution is 2.33. The molecule has 148 valence electrons. The van der Waals surface area contributed by atoms with E-state index in [9.17, 15) is 0 Å². The molecule has 0 spiro atoms. The van der Waals surface area contributed by atoms with Crippen LogP contribution in [0.2, 0.25) is 0 Å². The Morgan fingerprint density at radius 3 is 2.69 bits per heavy atom.